The number of hydrogen-bond acceptors (Lipinski definition) is 4. The maximum absolute atomic E-state index is 14.5. The molecule has 2 heterocycles. The highest BCUT2D eigenvalue weighted by Gasteiger charge is 2.38. The molecule has 0 saturated carbocycles. The number of carbonyl (C=O) groups is 2. The predicted octanol–water partition coefficient (Wildman–Crippen LogP) is 2.96. The first-order chi connectivity index (χ1) is 14.8. The van der Waals surface area contributed by atoms with Crippen LogP contribution in [0.15, 0.2) is 18.2 Å². The highest BCUT2D eigenvalue weighted by Crippen LogP contribution is 2.31. The lowest BCUT2D eigenvalue weighted by Gasteiger charge is -2.29. The molecule has 7 nitrogen and oxygen atoms in total. The number of hydrogen-bond donors (Lipinski definition) is 2. The molecule has 0 bridgehead atoms. The molecule has 8 heteroatoms. The number of ether oxygens (including phenoxy) is 1. The molecule has 1 aliphatic heterocycles. The Labute approximate surface area is 182 Å². The number of aromatic nitrogens is 2. The number of amides is 2. The Bertz CT molecular complexity index is 972. The number of carbonyl (C=O) groups excluding carboxylic acids is 2. The fourth-order valence-corrected chi connectivity index (χ4v) is 4.27. The largest absolute Gasteiger partial charge is 0.497 e. The summed E-state index contributed by atoms with van der Waals surface area (Å²) < 4.78 is 21.5. The molecule has 168 valence electrons. The van der Waals surface area contributed by atoms with Crippen molar-refractivity contribution in [2.45, 2.75) is 71.5 Å². The molecule has 1 aromatic heterocycles. The molecule has 1 aliphatic rings. The van der Waals surface area contributed by atoms with Crippen LogP contribution < -0.4 is 15.4 Å². The topological polar surface area (TPSA) is 85.2 Å². The number of halogens is 1. The minimum absolute atomic E-state index is 0.0624. The molecular formula is C23H31FN4O3. The third-order valence-electron chi connectivity index (χ3n) is 6.15. The second-order valence-corrected chi connectivity index (χ2v) is 8.20. The highest BCUT2D eigenvalue weighted by molar-refractivity contribution is 5.80. The molecule has 1 atom stereocenters. The minimum Gasteiger partial charge on any atom is -0.497 e. The maximum atomic E-state index is 14.5. The Balaban J connectivity index is 1.63. The van der Waals surface area contributed by atoms with E-state index in [1.165, 1.54) is 13.2 Å². The molecule has 2 aromatic rings. The second kappa shape index (κ2) is 9.49. The van der Waals surface area contributed by atoms with Crippen LogP contribution in [0.5, 0.6) is 5.75 Å². The van der Waals surface area contributed by atoms with E-state index in [2.05, 4.69) is 15.7 Å². The van der Waals surface area contributed by atoms with Gasteiger partial charge < -0.3 is 15.4 Å². The molecule has 0 spiro atoms. The minimum atomic E-state index is -0.622. The Hall–Kier alpha value is -2.90. The predicted molar refractivity (Wildman–Crippen MR) is 115 cm³/mol. The molecule has 0 aliphatic carbocycles. The molecule has 1 fully saturated rings. The van der Waals surface area contributed by atoms with E-state index in [0.29, 0.717) is 43.5 Å². The Morgan fingerprint density at radius 2 is 2.16 bits per heavy atom. The number of benzene rings is 1. The summed E-state index contributed by atoms with van der Waals surface area (Å²) in [5.74, 6) is -0.0864. The first kappa shape index (κ1) is 22.8. The van der Waals surface area contributed by atoms with Gasteiger partial charge in [-0.15, -0.1) is 0 Å². The van der Waals surface area contributed by atoms with Gasteiger partial charge >= 0.3 is 0 Å². The number of methoxy groups -OCH3 is 1. The molecular weight excluding hydrogens is 399 g/mol. The monoisotopic (exact) mass is 430 g/mol. The summed E-state index contributed by atoms with van der Waals surface area (Å²) in [5.41, 5.74) is 2.87. The van der Waals surface area contributed by atoms with Crippen LogP contribution in [-0.4, -0.2) is 34.2 Å². The fourth-order valence-electron chi connectivity index (χ4n) is 4.27. The van der Waals surface area contributed by atoms with Crippen LogP contribution in [0.1, 0.15) is 55.1 Å². The van der Waals surface area contributed by atoms with E-state index < -0.39 is 5.54 Å². The van der Waals surface area contributed by atoms with Gasteiger partial charge in [-0.3, -0.25) is 14.3 Å². The van der Waals surface area contributed by atoms with Crippen molar-refractivity contribution in [1.29, 1.82) is 0 Å². The van der Waals surface area contributed by atoms with Crippen molar-refractivity contribution in [2.75, 3.05) is 7.11 Å². The van der Waals surface area contributed by atoms with E-state index in [9.17, 15) is 14.0 Å². The number of nitrogens with zero attached hydrogens (tertiary/aromatic N) is 2. The molecule has 31 heavy (non-hydrogen) atoms. The average molecular weight is 431 g/mol. The first-order valence-corrected chi connectivity index (χ1v) is 10.7. The zero-order valence-electron chi connectivity index (χ0n) is 18.7. The number of rotatable bonds is 9. The van der Waals surface area contributed by atoms with Crippen molar-refractivity contribution in [3.8, 4) is 5.75 Å². The normalized spacial score (nSPS) is 18.2. The molecule has 2 N–H and O–H groups in total. The lowest BCUT2D eigenvalue weighted by molar-refractivity contribution is -0.122. The average Bonchev–Trinajstić information content (AvgIpc) is 3.25. The molecule has 1 aromatic carbocycles. The summed E-state index contributed by atoms with van der Waals surface area (Å²) in [7, 11) is 1.49. The third kappa shape index (κ3) is 5.24. The first-order valence-electron chi connectivity index (χ1n) is 10.7. The van der Waals surface area contributed by atoms with Gasteiger partial charge in [-0.25, -0.2) is 4.39 Å². The van der Waals surface area contributed by atoms with Gasteiger partial charge in [-0.2, -0.15) is 5.10 Å². The molecule has 1 saturated heterocycles. The zero-order valence-corrected chi connectivity index (χ0v) is 18.7. The van der Waals surface area contributed by atoms with Crippen molar-refractivity contribution in [3.05, 3.63) is 46.5 Å². The van der Waals surface area contributed by atoms with Crippen LogP contribution in [0.3, 0.4) is 0 Å². The van der Waals surface area contributed by atoms with E-state index >= 15 is 0 Å². The van der Waals surface area contributed by atoms with Crippen LogP contribution in [0.4, 0.5) is 4.39 Å². The molecule has 3 rings (SSSR count). The van der Waals surface area contributed by atoms with Crippen molar-refractivity contribution in [1.82, 2.24) is 20.4 Å². The summed E-state index contributed by atoms with van der Waals surface area (Å²) in [4.78, 5) is 24.5. The Kier molecular flexibility index (Phi) is 6.97. The van der Waals surface area contributed by atoms with Crippen LogP contribution in [0.2, 0.25) is 0 Å². The van der Waals surface area contributed by atoms with Gasteiger partial charge in [0.25, 0.3) is 0 Å². The van der Waals surface area contributed by atoms with E-state index in [1.54, 1.807) is 12.1 Å². The Morgan fingerprint density at radius 3 is 2.74 bits per heavy atom. The van der Waals surface area contributed by atoms with Gasteiger partial charge in [0.05, 0.1) is 12.8 Å². The maximum Gasteiger partial charge on any atom is 0.220 e. The van der Waals surface area contributed by atoms with Crippen molar-refractivity contribution < 1.29 is 18.7 Å². The van der Waals surface area contributed by atoms with Gasteiger partial charge in [-0.1, -0.05) is 6.07 Å². The number of nitrogens with one attached hydrogen (secondary N) is 2. The molecule has 0 radical (unpaired) electrons. The van der Waals surface area contributed by atoms with Crippen LogP contribution in [0, 0.1) is 19.7 Å². The fraction of sp³-hybridized carbons (Fsp3) is 0.522. The summed E-state index contributed by atoms with van der Waals surface area (Å²) >= 11 is 0. The summed E-state index contributed by atoms with van der Waals surface area (Å²) in [6.45, 7) is 7.17. The van der Waals surface area contributed by atoms with E-state index in [0.717, 1.165) is 23.5 Å². The summed E-state index contributed by atoms with van der Waals surface area (Å²) in [6, 6.07) is 4.72. The van der Waals surface area contributed by atoms with Crippen molar-refractivity contribution in [2.24, 2.45) is 0 Å². The standard InChI is InChI=1S/C23H31FN4O3/c1-5-28-16(3)19(15(2)27-28)14-25-21(29)8-10-23(11-9-22(30)26-23)13-17-6-7-18(31-4)12-20(17)24/h6-7,12H,5,8-11,13-14H2,1-4H3,(H,25,29)(H,26,30)/t23-/m0/s1. The smallest absolute Gasteiger partial charge is 0.220 e. The quantitative estimate of drug-likeness (QED) is 0.641. The highest BCUT2D eigenvalue weighted by atomic mass is 19.1. The van der Waals surface area contributed by atoms with Crippen LogP contribution >= 0.6 is 0 Å². The van der Waals surface area contributed by atoms with Crippen LogP contribution in [0.25, 0.3) is 0 Å². The summed E-state index contributed by atoms with van der Waals surface area (Å²) in [5, 5.41) is 10.4. The SMILES string of the molecule is CCn1nc(C)c(CNC(=O)CC[C@@]2(Cc3ccc(OC)cc3F)CCC(=O)N2)c1C. The van der Waals surface area contributed by atoms with Gasteiger partial charge in [0.2, 0.25) is 11.8 Å². The van der Waals surface area contributed by atoms with Crippen molar-refractivity contribution >= 4 is 11.8 Å². The van der Waals surface area contributed by atoms with E-state index in [4.69, 9.17) is 4.74 Å². The lowest BCUT2D eigenvalue weighted by atomic mass is 9.84. The number of aryl methyl sites for hydroxylation is 2. The molecule has 2 amide bonds. The third-order valence-corrected chi connectivity index (χ3v) is 6.15. The van der Waals surface area contributed by atoms with Crippen LogP contribution in [-0.2, 0) is 29.1 Å². The van der Waals surface area contributed by atoms with Gasteiger partial charge in [0.1, 0.15) is 11.6 Å². The zero-order chi connectivity index (χ0) is 22.6. The van der Waals surface area contributed by atoms with Gasteiger partial charge in [0, 0.05) is 48.8 Å². The Morgan fingerprint density at radius 1 is 1.39 bits per heavy atom. The summed E-state index contributed by atoms with van der Waals surface area (Å²) in [6.07, 6.45) is 1.99. The van der Waals surface area contributed by atoms with E-state index in [1.807, 2.05) is 25.5 Å². The van der Waals surface area contributed by atoms with Gasteiger partial charge in [0.15, 0.2) is 0 Å². The van der Waals surface area contributed by atoms with Gasteiger partial charge in [-0.05, 0) is 51.7 Å². The molecule has 0 unspecified atom stereocenters. The lowest BCUT2D eigenvalue weighted by Crippen LogP contribution is -2.44. The second-order valence-electron chi connectivity index (χ2n) is 8.20. The van der Waals surface area contributed by atoms with E-state index in [-0.39, 0.29) is 24.1 Å². The van der Waals surface area contributed by atoms with Crippen molar-refractivity contribution in [3.63, 3.8) is 0 Å².